The van der Waals surface area contributed by atoms with Gasteiger partial charge in [0.05, 0.1) is 5.69 Å². The summed E-state index contributed by atoms with van der Waals surface area (Å²) in [7, 11) is 0. The quantitative estimate of drug-likeness (QED) is 0.772. The van der Waals surface area contributed by atoms with E-state index < -0.39 is 0 Å². The minimum absolute atomic E-state index is 0.393. The van der Waals surface area contributed by atoms with Crippen LogP contribution in [0.4, 0.5) is 0 Å². The monoisotopic (exact) mass is 191 g/mol. The van der Waals surface area contributed by atoms with Crippen LogP contribution in [0.25, 0.3) is 6.08 Å². The van der Waals surface area contributed by atoms with Gasteiger partial charge in [0.25, 0.3) is 0 Å². The van der Waals surface area contributed by atoms with Gasteiger partial charge in [-0.2, -0.15) is 0 Å². The van der Waals surface area contributed by atoms with Crippen LogP contribution in [0.5, 0.6) is 0 Å². The second-order valence-corrected chi connectivity index (χ2v) is 3.24. The van der Waals surface area contributed by atoms with Gasteiger partial charge in [-0.1, -0.05) is 13.0 Å². The predicted octanol–water partition coefficient (Wildman–Crippen LogP) is 1.88. The highest BCUT2D eigenvalue weighted by Gasteiger charge is 1.93. The molecule has 0 saturated heterocycles. The molecule has 0 radical (unpaired) electrons. The number of rotatable bonds is 5. The first-order chi connectivity index (χ1) is 6.83. The van der Waals surface area contributed by atoms with Crippen LogP contribution in [-0.4, -0.2) is 22.6 Å². The van der Waals surface area contributed by atoms with Crippen LogP contribution < -0.4 is 5.32 Å². The summed E-state index contributed by atoms with van der Waals surface area (Å²) in [6, 6.07) is 2.29. The number of hydrogen-bond donors (Lipinski definition) is 1. The van der Waals surface area contributed by atoms with E-state index in [2.05, 4.69) is 35.2 Å². The van der Waals surface area contributed by atoms with Crippen LogP contribution in [0.2, 0.25) is 0 Å². The third-order valence-electron chi connectivity index (χ3n) is 1.88. The van der Waals surface area contributed by atoms with Crippen molar-refractivity contribution in [1.29, 1.82) is 0 Å². The van der Waals surface area contributed by atoms with Gasteiger partial charge >= 0.3 is 0 Å². The average molecular weight is 191 g/mol. The van der Waals surface area contributed by atoms with Gasteiger partial charge in [0.1, 0.15) is 6.33 Å². The topological polar surface area (TPSA) is 37.8 Å². The fourth-order valence-electron chi connectivity index (χ4n) is 1.08. The third-order valence-corrected chi connectivity index (χ3v) is 1.88. The smallest absolute Gasteiger partial charge is 0.115 e. The van der Waals surface area contributed by atoms with E-state index in [1.807, 2.05) is 12.1 Å². The van der Waals surface area contributed by atoms with Crippen molar-refractivity contribution < 1.29 is 0 Å². The summed E-state index contributed by atoms with van der Waals surface area (Å²) in [5.41, 5.74) is 0.949. The first-order valence-electron chi connectivity index (χ1n) is 5.00. The molecule has 1 aromatic heterocycles. The van der Waals surface area contributed by atoms with Gasteiger partial charge in [-0.3, -0.25) is 0 Å². The molecular formula is C11H17N3. The molecule has 0 aliphatic rings. The SMILES string of the molecule is CCCNC(C)/C=C/c1ccncn1. The van der Waals surface area contributed by atoms with E-state index in [0.29, 0.717) is 6.04 Å². The molecule has 0 fully saturated rings. The van der Waals surface area contributed by atoms with Crippen LogP contribution in [-0.2, 0) is 0 Å². The lowest BCUT2D eigenvalue weighted by Gasteiger charge is -2.06. The Morgan fingerprint density at radius 2 is 2.43 bits per heavy atom. The lowest BCUT2D eigenvalue weighted by Crippen LogP contribution is -2.24. The Kier molecular flexibility index (Phi) is 4.86. The maximum atomic E-state index is 4.11. The van der Waals surface area contributed by atoms with Crippen molar-refractivity contribution in [3.05, 3.63) is 30.4 Å². The van der Waals surface area contributed by atoms with Gasteiger partial charge in [-0.25, -0.2) is 9.97 Å². The molecule has 0 aliphatic heterocycles. The molecule has 0 aliphatic carbocycles. The second kappa shape index (κ2) is 6.27. The maximum Gasteiger partial charge on any atom is 0.115 e. The number of nitrogens with one attached hydrogen (secondary N) is 1. The Bertz CT molecular complexity index is 269. The molecular weight excluding hydrogens is 174 g/mol. The summed E-state index contributed by atoms with van der Waals surface area (Å²) < 4.78 is 0. The first kappa shape index (κ1) is 10.9. The first-order valence-corrected chi connectivity index (χ1v) is 5.00. The fourth-order valence-corrected chi connectivity index (χ4v) is 1.08. The Labute approximate surface area is 85.3 Å². The molecule has 0 saturated carbocycles. The predicted molar refractivity (Wildman–Crippen MR) is 58.8 cm³/mol. The normalized spacial score (nSPS) is 13.3. The summed E-state index contributed by atoms with van der Waals surface area (Å²) in [5.74, 6) is 0. The molecule has 0 amide bonds. The number of nitrogens with zero attached hydrogens (tertiary/aromatic N) is 2. The molecule has 3 heteroatoms. The van der Waals surface area contributed by atoms with E-state index in [4.69, 9.17) is 0 Å². The van der Waals surface area contributed by atoms with E-state index in [1.165, 1.54) is 0 Å². The Morgan fingerprint density at radius 1 is 1.57 bits per heavy atom. The molecule has 0 spiro atoms. The van der Waals surface area contributed by atoms with Gasteiger partial charge in [0.2, 0.25) is 0 Å². The van der Waals surface area contributed by atoms with Crippen LogP contribution in [0.15, 0.2) is 24.7 Å². The third kappa shape index (κ3) is 4.14. The molecule has 1 atom stereocenters. The highest BCUT2D eigenvalue weighted by molar-refractivity contribution is 5.43. The number of hydrogen-bond acceptors (Lipinski definition) is 3. The lowest BCUT2D eigenvalue weighted by molar-refractivity contribution is 0.625. The van der Waals surface area contributed by atoms with Gasteiger partial charge in [-0.05, 0) is 32.0 Å². The molecule has 1 rings (SSSR count). The Morgan fingerprint density at radius 3 is 3.07 bits per heavy atom. The Balaban J connectivity index is 2.39. The van der Waals surface area contributed by atoms with Crippen LogP contribution in [0.3, 0.4) is 0 Å². The molecule has 0 bridgehead atoms. The zero-order chi connectivity index (χ0) is 10.2. The van der Waals surface area contributed by atoms with Gasteiger partial charge < -0.3 is 5.32 Å². The van der Waals surface area contributed by atoms with E-state index in [9.17, 15) is 0 Å². The van der Waals surface area contributed by atoms with Gasteiger partial charge in [0.15, 0.2) is 0 Å². The number of aromatic nitrogens is 2. The molecule has 3 nitrogen and oxygen atoms in total. The molecule has 1 heterocycles. The van der Waals surface area contributed by atoms with Crippen molar-refractivity contribution >= 4 is 6.08 Å². The molecule has 14 heavy (non-hydrogen) atoms. The lowest BCUT2D eigenvalue weighted by atomic mass is 10.2. The zero-order valence-corrected chi connectivity index (χ0v) is 8.77. The van der Waals surface area contributed by atoms with Crippen molar-refractivity contribution in [2.75, 3.05) is 6.54 Å². The standard InChI is InChI=1S/C11H17N3/c1-3-7-13-10(2)4-5-11-6-8-12-9-14-11/h4-6,8-10,13H,3,7H2,1-2H3/b5-4+. The van der Waals surface area contributed by atoms with Gasteiger partial charge in [-0.15, -0.1) is 0 Å². The molecule has 76 valence electrons. The van der Waals surface area contributed by atoms with Crippen molar-refractivity contribution in [1.82, 2.24) is 15.3 Å². The van der Waals surface area contributed by atoms with Crippen molar-refractivity contribution in [3.63, 3.8) is 0 Å². The van der Waals surface area contributed by atoms with Crippen LogP contribution in [0.1, 0.15) is 26.0 Å². The van der Waals surface area contributed by atoms with E-state index in [0.717, 1.165) is 18.7 Å². The summed E-state index contributed by atoms with van der Waals surface area (Å²) in [6.45, 7) is 5.34. The van der Waals surface area contributed by atoms with Crippen LogP contribution >= 0.6 is 0 Å². The van der Waals surface area contributed by atoms with Crippen molar-refractivity contribution in [3.8, 4) is 0 Å². The minimum Gasteiger partial charge on any atom is -0.311 e. The van der Waals surface area contributed by atoms with Crippen molar-refractivity contribution in [2.24, 2.45) is 0 Å². The fraction of sp³-hybridized carbons (Fsp3) is 0.455. The largest absolute Gasteiger partial charge is 0.311 e. The molecule has 1 aromatic rings. The summed E-state index contributed by atoms with van der Waals surface area (Å²) in [4.78, 5) is 7.97. The van der Waals surface area contributed by atoms with E-state index >= 15 is 0 Å². The molecule has 1 unspecified atom stereocenters. The highest BCUT2D eigenvalue weighted by atomic mass is 14.9. The second-order valence-electron chi connectivity index (χ2n) is 3.24. The molecule has 0 aromatic carbocycles. The van der Waals surface area contributed by atoms with Crippen LogP contribution in [0, 0.1) is 0 Å². The summed E-state index contributed by atoms with van der Waals surface area (Å²) in [6.07, 6.45) is 8.58. The summed E-state index contributed by atoms with van der Waals surface area (Å²) in [5, 5.41) is 3.37. The average Bonchev–Trinajstić information content (AvgIpc) is 2.25. The Hall–Kier alpha value is -1.22. The zero-order valence-electron chi connectivity index (χ0n) is 8.77. The minimum atomic E-state index is 0.393. The van der Waals surface area contributed by atoms with E-state index in [1.54, 1.807) is 12.5 Å². The maximum absolute atomic E-state index is 4.11. The molecule has 1 N–H and O–H groups in total. The highest BCUT2D eigenvalue weighted by Crippen LogP contribution is 1.96. The summed E-state index contributed by atoms with van der Waals surface area (Å²) >= 11 is 0. The van der Waals surface area contributed by atoms with E-state index in [-0.39, 0.29) is 0 Å². The van der Waals surface area contributed by atoms with Crippen molar-refractivity contribution in [2.45, 2.75) is 26.3 Å². The van der Waals surface area contributed by atoms with Gasteiger partial charge in [0, 0.05) is 12.2 Å².